The molecule has 5 rings (SSSR count). The highest BCUT2D eigenvalue weighted by molar-refractivity contribution is 5.75. The molecule has 0 aromatic carbocycles. The number of amides is 2. The predicted molar refractivity (Wildman–Crippen MR) is 77.9 cm³/mol. The minimum absolute atomic E-state index is 0.146. The molecule has 5 fully saturated rings. The number of urea groups is 1. The van der Waals surface area contributed by atoms with E-state index in [1.54, 1.807) is 0 Å². The van der Waals surface area contributed by atoms with E-state index in [-0.39, 0.29) is 11.6 Å². The predicted octanol–water partition coefficient (Wildman–Crippen LogP) is 2.07. The van der Waals surface area contributed by atoms with Crippen molar-refractivity contribution in [1.29, 1.82) is 0 Å². The van der Waals surface area contributed by atoms with Gasteiger partial charge in [0, 0.05) is 38.8 Å². The van der Waals surface area contributed by atoms with Crippen molar-refractivity contribution in [2.45, 2.75) is 44.1 Å². The van der Waals surface area contributed by atoms with Gasteiger partial charge in [0.25, 0.3) is 0 Å². The fraction of sp³-hybridized carbons (Fsp3) is 0.875. The van der Waals surface area contributed by atoms with Crippen LogP contribution in [0.5, 0.6) is 0 Å². The van der Waals surface area contributed by atoms with Gasteiger partial charge in [-0.05, 0) is 56.3 Å². The Labute approximate surface area is 121 Å². The Morgan fingerprint density at radius 3 is 1.95 bits per heavy atom. The van der Waals surface area contributed by atoms with Gasteiger partial charge in [-0.3, -0.25) is 4.90 Å². The second-order valence-electron chi connectivity index (χ2n) is 7.73. The summed E-state index contributed by atoms with van der Waals surface area (Å²) in [4.78, 5) is 16.6. The fourth-order valence-corrected chi connectivity index (χ4v) is 5.52. The molecule has 4 heteroatoms. The number of rotatable bonds is 1. The Bertz CT molecular complexity index is 365. The third-order valence-corrected chi connectivity index (χ3v) is 6.07. The summed E-state index contributed by atoms with van der Waals surface area (Å²) in [6, 6.07) is 0.181. The van der Waals surface area contributed by atoms with Crippen molar-refractivity contribution in [2.75, 3.05) is 26.2 Å². The first-order valence-corrected chi connectivity index (χ1v) is 8.24. The first-order valence-electron chi connectivity index (χ1n) is 8.24. The van der Waals surface area contributed by atoms with Crippen LogP contribution < -0.4 is 5.32 Å². The van der Waals surface area contributed by atoms with Gasteiger partial charge in [-0.2, -0.15) is 0 Å². The van der Waals surface area contributed by atoms with E-state index in [1.165, 1.54) is 38.5 Å². The maximum absolute atomic E-state index is 12.6. The number of hydrogen-bond donors (Lipinski definition) is 1. The minimum atomic E-state index is 0.146. The topological polar surface area (TPSA) is 35.6 Å². The summed E-state index contributed by atoms with van der Waals surface area (Å²) in [5.41, 5.74) is 0.146. The summed E-state index contributed by atoms with van der Waals surface area (Å²) in [7, 11) is 3.95. The Hall–Kier alpha value is -0.770. The van der Waals surface area contributed by atoms with Crippen LogP contribution in [0.2, 0.25) is 0 Å². The smallest absolute Gasteiger partial charge is 0.317 e. The van der Waals surface area contributed by atoms with Crippen LogP contribution in [0.3, 0.4) is 0 Å². The van der Waals surface area contributed by atoms with Crippen LogP contribution in [-0.4, -0.2) is 47.5 Å². The molecular formula is C16H26N3O. The van der Waals surface area contributed by atoms with Crippen molar-refractivity contribution in [3.63, 3.8) is 0 Å². The average Bonchev–Trinajstić information content (AvgIpc) is 2.37. The third-order valence-electron chi connectivity index (χ3n) is 6.07. The molecule has 4 bridgehead atoms. The first-order chi connectivity index (χ1) is 9.62. The highest BCUT2D eigenvalue weighted by atomic mass is 16.2. The van der Waals surface area contributed by atoms with Gasteiger partial charge < -0.3 is 10.2 Å². The number of hydrogen-bond acceptors (Lipinski definition) is 2. The zero-order chi connectivity index (χ0) is 13.7. The second kappa shape index (κ2) is 4.62. The highest BCUT2D eigenvalue weighted by Gasteiger charge is 2.51. The summed E-state index contributed by atoms with van der Waals surface area (Å²) >= 11 is 0. The number of piperazine rings is 1. The standard InChI is InChI=1S/C16H26N3O/c1-18-2-4-19(5-3-18)15(20)17-16-9-12-6-13(10-16)8-14(7-12)11-16/h12-14H,1-11H2,(H,17,20). The quantitative estimate of drug-likeness (QED) is 0.796. The van der Waals surface area contributed by atoms with Gasteiger partial charge in [0.15, 0.2) is 0 Å². The molecule has 1 radical (unpaired) electrons. The number of carbonyl (C=O) groups is 1. The van der Waals surface area contributed by atoms with Gasteiger partial charge in [0.2, 0.25) is 0 Å². The fourth-order valence-electron chi connectivity index (χ4n) is 5.52. The van der Waals surface area contributed by atoms with E-state index in [1.807, 2.05) is 4.90 Å². The van der Waals surface area contributed by atoms with Crippen molar-refractivity contribution in [3.8, 4) is 0 Å². The van der Waals surface area contributed by atoms with Gasteiger partial charge in [0.05, 0.1) is 0 Å². The average molecular weight is 276 g/mol. The maximum Gasteiger partial charge on any atom is 0.317 e. The van der Waals surface area contributed by atoms with Crippen LogP contribution in [0, 0.1) is 24.8 Å². The third kappa shape index (κ3) is 2.22. The summed E-state index contributed by atoms with van der Waals surface area (Å²) in [5.74, 6) is 2.66. The van der Waals surface area contributed by atoms with Crippen molar-refractivity contribution in [2.24, 2.45) is 17.8 Å². The van der Waals surface area contributed by atoms with Crippen LogP contribution in [0.25, 0.3) is 0 Å². The van der Waals surface area contributed by atoms with Crippen LogP contribution in [-0.2, 0) is 0 Å². The van der Waals surface area contributed by atoms with E-state index in [2.05, 4.69) is 17.3 Å². The molecule has 20 heavy (non-hydrogen) atoms. The Morgan fingerprint density at radius 2 is 1.45 bits per heavy atom. The lowest BCUT2D eigenvalue weighted by Gasteiger charge is -2.57. The molecule has 2 amide bonds. The lowest BCUT2D eigenvalue weighted by atomic mass is 9.53. The maximum atomic E-state index is 12.6. The van der Waals surface area contributed by atoms with E-state index < -0.39 is 0 Å². The molecule has 1 N–H and O–H groups in total. The minimum Gasteiger partial charge on any atom is -0.333 e. The van der Waals surface area contributed by atoms with Gasteiger partial charge >= 0.3 is 6.03 Å². The molecule has 1 saturated heterocycles. The van der Waals surface area contributed by atoms with Crippen LogP contribution in [0.15, 0.2) is 0 Å². The molecule has 5 aliphatic rings. The molecular weight excluding hydrogens is 250 g/mol. The summed E-state index contributed by atoms with van der Waals surface area (Å²) in [6.45, 7) is 3.44. The molecule has 0 aromatic heterocycles. The monoisotopic (exact) mass is 276 g/mol. The van der Waals surface area contributed by atoms with Crippen molar-refractivity contribution < 1.29 is 4.79 Å². The molecule has 4 saturated carbocycles. The highest BCUT2D eigenvalue weighted by Crippen LogP contribution is 2.55. The summed E-state index contributed by atoms with van der Waals surface area (Å²) in [6.07, 6.45) is 7.99. The van der Waals surface area contributed by atoms with Crippen LogP contribution >= 0.6 is 0 Å². The zero-order valence-corrected chi connectivity index (χ0v) is 12.3. The molecule has 0 atom stereocenters. The van der Waals surface area contributed by atoms with Gasteiger partial charge in [0.1, 0.15) is 0 Å². The van der Waals surface area contributed by atoms with E-state index in [0.717, 1.165) is 43.9 Å². The van der Waals surface area contributed by atoms with Crippen molar-refractivity contribution in [3.05, 3.63) is 7.05 Å². The van der Waals surface area contributed by atoms with Gasteiger partial charge in [-0.1, -0.05) is 0 Å². The van der Waals surface area contributed by atoms with Crippen molar-refractivity contribution in [1.82, 2.24) is 15.1 Å². The number of nitrogens with one attached hydrogen (secondary N) is 1. The summed E-state index contributed by atoms with van der Waals surface area (Å²) < 4.78 is 0. The Morgan fingerprint density at radius 1 is 0.950 bits per heavy atom. The van der Waals surface area contributed by atoms with E-state index in [9.17, 15) is 4.79 Å². The lowest BCUT2D eigenvalue weighted by Crippen LogP contribution is -2.63. The van der Waals surface area contributed by atoms with E-state index in [0.29, 0.717) is 0 Å². The summed E-state index contributed by atoms with van der Waals surface area (Å²) in [5, 5.41) is 3.46. The number of carbonyl (C=O) groups excluding carboxylic acids is 1. The van der Waals surface area contributed by atoms with Gasteiger partial charge in [-0.25, -0.2) is 4.79 Å². The molecule has 4 aliphatic carbocycles. The molecule has 0 unspecified atom stereocenters. The number of nitrogens with zero attached hydrogens (tertiary/aromatic N) is 2. The molecule has 0 aromatic rings. The molecule has 0 spiro atoms. The normalized spacial score (nSPS) is 43.9. The van der Waals surface area contributed by atoms with Crippen LogP contribution in [0.4, 0.5) is 4.79 Å². The SMILES string of the molecule is [CH2]N1CCN(C(=O)NC23CC4CC(CC(C4)C2)C3)CC1. The first kappa shape index (κ1) is 12.9. The van der Waals surface area contributed by atoms with E-state index >= 15 is 0 Å². The Kier molecular flexibility index (Phi) is 2.99. The zero-order valence-electron chi connectivity index (χ0n) is 12.3. The lowest BCUT2D eigenvalue weighted by molar-refractivity contribution is -0.0162. The van der Waals surface area contributed by atoms with Crippen LogP contribution in [0.1, 0.15) is 38.5 Å². The molecule has 1 heterocycles. The Balaban J connectivity index is 1.42. The molecule has 4 nitrogen and oxygen atoms in total. The van der Waals surface area contributed by atoms with E-state index in [4.69, 9.17) is 0 Å². The van der Waals surface area contributed by atoms with Crippen molar-refractivity contribution >= 4 is 6.03 Å². The largest absolute Gasteiger partial charge is 0.333 e. The van der Waals surface area contributed by atoms with Gasteiger partial charge in [-0.15, -0.1) is 0 Å². The second-order valence-corrected chi connectivity index (χ2v) is 7.73. The molecule has 1 aliphatic heterocycles. The molecule has 111 valence electrons.